The van der Waals surface area contributed by atoms with Crippen molar-refractivity contribution < 1.29 is 210 Å². The summed E-state index contributed by atoms with van der Waals surface area (Å²) >= 11 is 0. The molecule has 0 unspecified atom stereocenters. The largest absolute Gasteiger partial charge is 1.00 e. The molecule has 51 heavy (non-hydrogen) atoms. The van der Waals surface area contributed by atoms with Crippen molar-refractivity contribution in [1.82, 2.24) is 0 Å². The molecular weight excluding hydrogens is 804 g/mol. The summed E-state index contributed by atoms with van der Waals surface area (Å²) in [5.41, 5.74) is 0. The zero-order valence-corrected chi connectivity index (χ0v) is 43.7. The predicted molar refractivity (Wildman–Crippen MR) is 159 cm³/mol. The average Bonchev–Trinajstić information content (AvgIpc) is 2.93. The predicted octanol–water partition coefficient (Wildman–Crippen LogP) is -11.6. The van der Waals surface area contributed by atoms with Gasteiger partial charge in [-0.25, -0.2) is 25.3 Å². The molecule has 0 bridgehead atoms. The molecule has 0 spiro atoms. The molecule has 0 radical (unpaired) electrons. The smallest absolute Gasteiger partial charge is 0.872 e. The third-order valence-corrected chi connectivity index (χ3v) is 11.0. The maximum Gasteiger partial charge on any atom is 1.00 e. The molecule has 0 aliphatic carbocycles. The molecule has 14 nitrogen and oxygen atoms in total. The number of unbranched alkanes of at least 4 members (excludes halogenated alkanes) is 13. The van der Waals surface area contributed by atoms with E-state index in [9.17, 15) is 57.5 Å². The Morgan fingerprint density at radius 1 is 0.471 bits per heavy atom. The molecule has 0 saturated heterocycles. The van der Waals surface area contributed by atoms with Gasteiger partial charge >= 0.3 is 148 Å². The van der Waals surface area contributed by atoms with Gasteiger partial charge in [0.2, 0.25) is 0 Å². The van der Waals surface area contributed by atoms with Crippen molar-refractivity contribution in [2.24, 2.45) is 0 Å². The van der Waals surface area contributed by atoms with Gasteiger partial charge in [0.1, 0.15) is 35.2 Å². The van der Waals surface area contributed by atoms with Gasteiger partial charge in [0.05, 0.1) is 21.3 Å². The quantitative estimate of drug-likeness (QED) is 0.0519. The molecule has 0 fully saturated rings. The topological polar surface area (TPSA) is 261 Å². The van der Waals surface area contributed by atoms with Crippen LogP contribution in [0.2, 0.25) is 0 Å². The first-order valence-corrected chi connectivity index (χ1v) is 20.3. The van der Waals surface area contributed by atoms with E-state index >= 15 is 0 Å². The number of benzene rings is 2. The van der Waals surface area contributed by atoms with Crippen LogP contribution in [0.3, 0.4) is 0 Å². The summed E-state index contributed by atoms with van der Waals surface area (Å²) < 4.78 is 126. The molecule has 0 aliphatic rings. The van der Waals surface area contributed by atoms with E-state index in [4.69, 9.17) is 4.18 Å². The van der Waals surface area contributed by atoms with Crippen LogP contribution in [0.15, 0.2) is 56.0 Å². The molecule has 2 aromatic carbocycles. The molecule has 0 atom stereocenters. The molecule has 0 aromatic heterocycles. The van der Waals surface area contributed by atoms with Gasteiger partial charge in [-0.1, -0.05) is 126 Å². The van der Waals surface area contributed by atoms with Crippen molar-refractivity contribution in [1.29, 1.82) is 0 Å². The average molecular weight is 843 g/mol. The van der Waals surface area contributed by atoms with Crippen LogP contribution in [0.1, 0.15) is 96.8 Å². The minimum Gasteiger partial charge on any atom is -0.872 e. The second-order valence-electron chi connectivity index (χ2n) is 10.4. The second kappa shape index (κ2) is 31.6. The number of rotatable bonds is 20. The van der Waals surface area contributed by atoms with Gasteiger partial charge in [0, 0.05) is 0 Å². The van der Waals surface area contributed by atoms with Crippen molar-refractivity contribution in [2.75, 3.05) is 6.61 Å². The Hall–Kier alpha value is 2.68. The Morgan fingerprint density at radius 2 is 0.784 bits per heavy atom. The van der Waals surface area contributed by atoms with E-state index in [0.717, 1.165) is 49.9 Å². The van der Waals surface area contributed by atoms with Crippen LogP contribution < -0.4 is 158 Å². The fourth-order valence-electron chi connectivity index (χ4n) is 4.40. The molecule has 0 aliphatic heterocycles. The number of hydrogen-bond donors (Lipinski definition) is 0. The summed E-state index contributed by atoms with van der Waals surface area (Å²) in [5, 5.41) is 22.8. The summed E-state index contributed by atoms with van der Waals surface area (Å²) in [6.07, 6.45) is 16.2. The summed E-state index contributed by atoms with van der Waals surface area (Å²) in [4.78, 5) is -5.01. The van der Waals surface area contributed by atoms with E-state index in [0.29, 0.717) is 18.6 Å². The monoisotopic (exact) mass is 842 g/mol. The van der Waals surface area contributed by atoms with E-state index < -0.39 is 71.6 Å². The van der Waals surface area contributed by atoms with Gasteiger partial charge in [0.25, 0.3) is 10.1 Å². The van der Waals surface area contributed by atoms with E-state index in [-0.39, 0.29) is 154 Å². The Kier molecular flexibility index (Phi) is 39.0. The third kappa shape index (κ3) is 25.6. The third-order valence-electron chi connectivity index (χ3n) is 6.66. The normalized spacial score (nSPS) is 11.2. The van der Waals surface area contributed by atoms with Crippen LogP contribution in [-0.4, -0.2) is 53.9 Å². The van der Waals surface area contributed by atoms with Gasteiger partial charge in [-0.3, -0.25) is 4.18 Å². The molecule has 23 heteroatoms. The van der Waals surface area contributed by atoms with Crippen molar-refractivity contribution in [2.45, 2.75) is 116 Å². The Morgan fingerprint density at radius 3 is 1.10 bits per heavy atom. The maximum absolute atomic E-state index is 12.2. The van der Waals surface area contributed by atoms with E-state index in [1.165, 1.54) is 57.8 Å². The Labute approximate surface area is 414 Å². The summed E-state index contributed by atoms with van der Waals surface area (Å²) in [7, 11) is -20.2. The maximum atomic E-state index is 12.2. The van der Waals surface area contributed by atoms with E-state index in [1.807, 2.05) is 0 Å². The van der Waals surface area contributed by atoms with E-state index in [1.54, 1.807) is 0 Å². The van der Waals surface area contributed by atoms with Crippen molar-refractivity contribution in [3.63, 3.8) is 0 Å². The molecule has 0 amide bonds. The SMILES string of the molecule is CCCCCCCCCCCCCCCCOS(=O)(=O)c1c([O-])cccc1S(=O)(=O)[O-].O=S(=O)([O-])c1cccc([O-])c1S(=O)(=O)[O-].[Na+].[Na+].[Na+].[Na+].[Na+]. The summed E-state index contributed by atoms with van der Waals surface area (Å²) in [5.74, 6) is -2.39. The summed E-state index contributed by atoms with van der Waals surface area (Å²) in [6.45, 7) is 2.07. The minimum atomic E-state index is -5.29. The first kappa shape index (κ1) is 62.9. The fourth-order valence-corrected chi connectivity index (χ4v) is 8.49. The van der Waals surface area contributed by atoms with Gasteiger partial charge in [-0.15, -0.1) is 0 Å². The van der Waals surface area contributed by atoms with E-state index in [2.05, 4.69) is 6.92 Å². The Balaban J connectivity index is -0.000000302. The van der Waals surface area contributed by atoms with Crippen molar-refractivity contribution in [3.8, 4) is 11.5 Å². The first-order chi connectivity index (χ1) is 21.3. The zero-order chi connectivity index (χ0) is 35.0. The summed E-state index contributed by atoms with van der Waals surface area (Å²) in [6, 6.07) is 4.86. The van der Waals surface area contributed by atoms with Crippen LogP contribution in [0.4, 0.5) is 0 Å². The molecular formula is C28H39Na5O14S4. The van der Waals surface area contributed by atoms with Crippen LogP contribution in [0, 0.1) is 0 Å². The van der Waals surface area contributed by atoms with Gasteiger partial charge in [0.15, 0.2) is 0 Å². The minimum absolute atomic E-state index is 0. The van der Waals surface area contributed by atoms with Gasteiger partial charge in [-0.05, 0) is 18.6 Å². The van der Waals surface area contributed by atoms with Crippen LogP contribution >= 0.6 is 0 Å². The van der Waals surface area contributed by atoms with Crippen molar-refractivity contribution in [3.05, 3.63) is 36.4 Å². The van der Waals surface area contributed by atoms with Gasteiger partial charge < -0.3 is 23.9 Å². The second-order valence-corrected chi connectivity index (χ2v) is 16.0. The molecule has 0 heterocycles. The molecule has 2 rings (SSSR count). The standard InChI is InChI=1S/C22H38O7S2.C6H6O7S2.5Na/c1-2-3-4-5-6-7-8-9-10-11-12-13-14-15-19-29-31(27,28)22-20(23)17-16-18-21(22)30(24,25)26;7-4-2-1-3-5(14(8,9)10)6(4)15(11,12)13;;;;;/h16-18,23H,2-15,19H2,1H3,(H,24,25,26);1-3,7H,(H,8,9,10)(H,11,12,13);;;;;/q;;5*+1/p-5. The van der Waals surface area contributed by atoms with Crippen molar-refractivity contribution >= 4 is 40.5 Å². The number of hydrogen-bond acceptors (Lipinski definition) is 14. The molecule has 0 saturated carbocycles. The zero-order valence-electron chi connectivity index (χ0n) is 30.4. The van der Waals surface area contributed by atoms with Crippen LogP contribution in [0.25, 0.3) is 0 Å². The first-order valence-electron chi connectivity index (χ1n) is 14.7. The molecule has 2 aromatic rings. The van der Waals surface area contributed by atoms with Crippen LogP contribution in [-0.2, 0) is 44.7 Å². The van der Waals surface area contributed by atoms with Gasteiger partial charge in [-0.2, -0.15) is 8.42 Å². The van der Waals surface area contributed by atoms with Crippen LogP contribution in [0.5, 0.6) is 11.5 Å². The Bertz CT molecular complexity index is 1690. The molecule has 264 valence electrons. The molecule has 0 N–H and O–H groups in total. The fraction of sp³-hybridized carbons (Fsp3) is 0.571.